The van der Waals surface area contributed by atoms with Gasteiger partial charge in [0, 0.05) is 6.07 Å². The van der Waals surface area contributed by atoms with Gasteiger partial charge in [0.15, 0.2) is 17.9 Å². The first-order valence-electron chi connectivity index (χ1n) is 3.36. The molecule has 7 heteroatoms. The number of carbonyl (C=O) groups excluding carboxylic acids is 1. The number of halogens is 2. The summed E-state index contributed by atoms with van der Waals surface area (Å²) in [6.07, 6.45) is -0.0230. The van der Waals surface area contributed by atoms with Crippen molar-refractivity contribution in [1.82, 2.24) is 0 Å². The Hall–Kier alpha value is -2.05. The van der Waals surface area contributed by atoms with Gasteiger partial charge in [0.2, 0.25) is 0 Å². The zero-order chi connectivity index (χ0) is 10.9. The highest BCUT2D eigenvalue weighted by Crippen LogP contribution is 2.27. The van der Waals surface area contributed by atoms with Crippen LogP contribution in [0.1, 0.15) is 10.4 Å². The van der Waals surface area contributed by atoms with E-state index < -0.39 is 33.5 Å². The molecule has 0 radical (unpaired) electrons. The molecule has 0 aromatic heterocycles. The summed E-state index contributed by atoms with van der Waals surface area (Å²) in [7, 11) is 0. The number of nitro benzene ring substituents is 1. The third-order valence-corrected chi connectivity index (χ3v) is 1.57. The maximum atomic E-state index is 12.8. The van der Waals surface area contributed by atoms with Gasteiger partial charge in [-0.25, -0.2) is 8.78 Å². The molecule has 5 nitrogen and oxygen atoms in total. The van der Waals surface area contributed by atoms with Crippen molar-refractivity contribution in [2.45, 2.75) is 0 Å². The number of hydrogen-bond acceptors (Lipinski definition) is 4. The molecule has 0 unspecified atom stereocenters. The van der Waals surface area contributed by atoms with Gasteiger partial charge in [-0.05, 0) is 0 Å². The van der Waals surface area contributed by atoms with E-state index in [-0.39, 0.29) is 6.29 Å². The lowest BCUT2D eigenvalue weighted by Gasteiger charge is -2.01. The van der Waals surface area contributed by atoms with Gasteiger partial charge in [-0.15, -0.1) is 0 Å². The molecular formula is C7H4F2N2O3. The van der Waals surface area contributed by atoms with Gasteiger partial charge in [-0.1, -0.05) is 0 Å². The summed E-state index contributed by atoms with van der Waals surface area (Å²) in [6.45, 7) is 0. The summed E-state index contributed by atoms with van der Waals surface area (Å²) >= 11 is 0. The van der Waals surface area contributed by atoms with Crippen LogP contribution in [0.2, 0.25) is 0 Å². The number of nitrogen functional groups attached to an aromatic ring is 1. The van der Waals surface area contributed by atoms with Crippen LogP contribution < -0.4 is 5.73 Å². The van der Waals surface area contributed by atoms with E-state index >= 15 is 0 Å². The molecule has 0 saturated heterocycles. The van der Waals surface area contributed by atoms with Crippen LogP contribution in [0.25, 0.3) is 0 Å². The Labute approximate surface area is 76.3 Å². The average Bonchev–Trinajstić information content (AvgIpc) is 2.14. The fourth-order valence-corrected chi connectivity index (χ4v) is 0.883. The van der Waals surface area contributed by atoms with Crippen LogP contribution >= 0.6 is 0 Å². The number of rotatable bonds is 2. The van der Waals surface area contributed by atoms with Crippen LogP contribution in [0.15, 0.2) is 6.07 Å². The van der Waals surface area contributed by atoms with Gasteiger partial charge in [-0.2, -0.15) is 0 Å². The molecule has 0 aliphatic heterocycles. The summed E-state index contributed by atoms with van der Waals surface area (Å²) in [4.78, 5) is 19.5. The summed E-state index contributed by atoms with van der Waals surface area (Å²) in [5, 5.41) is 10.3. The fraction of sp³-hybridized carbons (Fsp3) is 0. The standard InChI is InChI=1S/C7H4F2N2O3/c8-5-3(2-12)1-4(11(13)14)7(10)6(5)9/h1-2H,10H2. The van der Waals surface area contributed by atoms with Gasteiger partial charge >= 0.3 is 0 Å². The zero-order valence-corrected chi connectivity index (χ0v) is 6.66. The van der Waals surface area contributed by atoms with E-state index in [0.717, 1.165) is 0 Å². The molecule has 0 spiro atoms. The lowest BCUT2D eigenvalue weighted by Crippen LogP contribution is -2.04. The fourth-order valence-electron chi connectivity index (χ4n) is 0.883. The molecular weight excluding hydrogens is 198 g/mol. The van der Waals surface area contributed by atoms with Crippen molar-refractivity contribution in [2.24, 2.45) is 0 Å². The first kappa shape index (κ1) is 10.0. The van der Waals surface area contributed by atoms with E-state index in [0.29, 0.717) is 6.07 Å². The molecule has 0 aliphatic rings. The second-order valence-corrected chi connectivity index (χ2v) is 2.40. The predicted molar refractivity (Wildman–Crippen MR) is 42.8 cm³/mol. The molecule has 14 heavy (non-hydrogen) atoms. The molecule has 2 N–H and O–H groups in total. The third-order valence-electron chi connectivity index (χ3n) is 1.57. The molecule has 0 atom stereocenters. The molecule has 74 valence electrons. The van der Waals surface area contributed by atoms with Crippen molar-refractivity contribution in [1.29, 1.82) is 0 Å². The first-order chi connectivity index (χ1) is 6.49. The minimum atomic E-state index is -1.58. The molecule has 0 heterocycles. The molecule has 1 aromatic carbocycles. The van der Waals surface area contributed by atoms with Crippen LogP contribution in [0, 0.1) is 21.7 Å². The van der Waals surface area contributed by atoms with E-state index in [9.17, 15) is 23.7 Å². The lowest BCUT2D eigenvalue weighted by molar-refractivity contribution is -0.384. The normalized spacial score (nSPS) is 9.86. The second-order valence-electron chi connectivity index (χ2n) is 2.40. The Morgan fingerprint density at radius 3 is 2.43 bits per heavy atom. The minimum Gasteiger partial charge on any atom is -0.391 e. The molecule has 1 aromatic rings. The maximum Gasteiger partial charge on any atom is 0.296 e. The van der Waals surface area contributed by atoms with Gasteiger partial charge < -0.3 is 5.73 Å². The number of aldehydes is 1. The molecule has 0 bridgehead atoms. The van der Waals surface area contributed by atoms with Crippen molar-refractivity contribution in [3.05, 3.63) is 33.4 Å². The van der Waals surface area contributed by atoms with Crippen molar-refractivity contribution >= 4 is 17.7 Å². The molecule has 0 fully saturated rings. The van der Waals surface area contributed by atoms with Crippen molar-refractivity contribution in [2.75, 3.05) is 5.73 Å². The highest BCUT2D eigenvalue weighted by molar-refractivity contribution is 5.79. The number of nitro groups is 1. The van der Waals surface area contributed by atoms with E-state index in [2.05, 4.69) is 0 Å². The smallest absolute Gasteiger partial charge is 0.296 e. The highest BCUT2D eigenvalue weighted by atomic mass is 19.2. The molecule has 0 saturated carbocycles. The minimum absolute atomic E-state index is 0.0230. The Kier molecular flexibility index (Phi) is 2.41. The summed E-state index contributed by atoms with van der Waals surface area (Å²) in [5.74, 6) is -3.07. The number of carbonyl (C=O) groups is 1. The zero-order valence-electron chi connectivity index (χ0n) is 6.66. The molecule has 0 amide bonds. The van der Waals surface area contributed by atoms with Crippen molar-refractivity contribution < 1.29 is 18.5 Å². The lowest BCUT2D eigenvalue weighted by atomic mass is 10.1. The Morgan fingerprint density at radius 2 is 2.00 bits per heavy atom. The van der Waals surface area contributed by atoms with Crippen LogP contribution in [-0.4, -0.2) is 11.2 Å². The SMILES string of the molecule is Nc1c([N+](=O)[O-])cc(C=O)c(F)c1F. The second kappa shape index (κ2) is 3.36. The summed E-state index contributed by atoms with van der Waals surface area (Å²) in [5.41, 5.74) is 2.46. The number of anilines is 1. The Balaban J connectivity index is 3.56. The van der Waals surface area contributed by atoms with Crippen LogP contribution in [-0.2, 0) is 0 Å². The topological polar surface area (TPSA) is 86.2 Å². The average molecular weight is 202 g/mol. The molecule has 1 rings (SSSR count). The quantitative estimate of drug-likeness (QED) is 0.338. The third kappa shape index (κ3) is 1.39. The number of nitrogens with zero attached hydrogens (tertiary/aromatic N) is 1. The van der Waals surface area contributed by atoms with E-state index in [1.54, 1.807) is 0 Å². The summed E-state index contributed by atoms with van der Waals surface area (Å²) < 4.78 is 25.6. The number of benzene rings is 1. The largest absolute Gasteiger partial charge is 0.391 e. The maximum absolute atomic E-state index is 12.8. The van der Waals surface area contributed by atoms with Gasteiger partial charge in [0.25, 0.3) is 5.69 Å². The van der Waals surface area contributed by atoms with Crippen LogP contribution in [0.4, 0.5) is 20.2 Å². The Bertz CT molecular complexity index is 420. The van der Waals surface area contributed by atoms with Crippen LogP contribution in [0.5, 0.6) is 0 Å². The van der Waals surface area contributed by atoms with Crippen LogP contribution in [0.3, 0.4) is 0 Å². The van der Waals surface area contributed by atoms with Gasteiger partial charge in [0.05, 0.1) is 10.5 Å². The number of nitrogens with two attached hydrogens (primary N) is 1. The highest BCUT2D eigenvalue weighted by Gasteiger charge is 2.22. The van der Waals surface area contributed by atoms with E-state index in [4.69, 9.17) is 5.73 Å². The van der Waals surface area contributed by atoms with Crippen molar-refractivity contribution in [3.8, 4) is 0 Å². The van der Waals surface area contributed by atoms with E-state index in [1.165, 1.54) is 0 Å². The van der Waals surface area contributed by atoms with Gasteiger partial charge in [-0.3, -0.25) is 14.9 Å². The van der Waals surface area contributed by atoms with E-state index in [1.807, 2.05) is 0 Å². The first-order valence-corrected chi connectivity index (χ1v) is 3.36. The molecule has 0 aliphatic carbocycles. The summed E-state index contributed by atoms with van der Waals surface area (Å²) in [6, 6.07) is 0.584. The number of hydrogen-bond donors (Lipinski definition) is 1. The van der Waals surface area contributed by atoms with Crippen molar-refractivity contribution in [3.63, 3.8) is 0 Å². The Morgan fingerprint density at radius 1 is 1.43 bits per heavy atom. The monoisotopic (exact) mass is 202 g/mol. The van der Waals surface area contributed by atoms with Gasteiger partial charge in [0.1, 0.15) is 5.69 Å². The predicted octanol–water partition coefficient (Wildman–Crippen LogP) is 1.27.